The molecule has 0 spiro atoms. The fourth-order valence-electron chi connectivity index (χ4n) is 1.49. The van der Waals surface area contributed by atoms with E-state index in [1.807, 2.05) is 26.0 Å². The van der Waals surface area contributed by atoms with Crippen molar-refractivity contribution < 1.29 is 14.7 Å². The molecule has 0 aromatic carbocycles. The average molecular weight is 270 g/mol. The number of carboxylic acids is 1. The van der Waals surface area contributed by atoms with Crippen LogP contribution in [0.2, 0.25) is 0 Å². The summed E-state index contributed by atoms with van der Waals surface area (Å²) in [5.41, 5.74) is 0. The molecular formula is C12H18N2O3S. The van der Waals surface area contributed by atoms with E-state index in [0.717, 1.165) is 4.88 Å². The molecule has 2 atom stereocenters. The van der Waals surface area contributed by atoms with E-state index in [-0.39, 0.29) is 6.04 Å². The number of aryl methyl sites for hydroxylation is 1. The van der Waals surface area contributed by atoms with Gasteiger partial charge >= 0.3 is 12.0 Å². The van der Waals surface area contributed by atoms with Crippen LogP contribution in [0, 0.1) is 6.92 Å². The number of urea groups is 1. The Bertz CT molecular complexity index is 431. The van der Waals surface area contributed by atoms with Crippen LogP contribution in [0.3, 0.4) is 0 Å². The van der Waals surface area contributed by atoms with Gasteiger partial charge in [-0.25, -0.2) is 9.59 Å². The maximum atomic E-state index is 11.6. The van der Waals surface area contributed by atoms with Crippen molar-refractivity contribution in [2.75, 3.05) is 0 Å². The number of hydrogen-bond acceptors (Lipinski definition) is 3. The van der Waals surface area contributed by atoms with Crippen molar-refractivity contribution >= 4 is 23.3 Å². The molecule has 0 radical (unpaired) electrons. The lowest BCUT2D eigenvalue weighted by atomic mass is 10.2. The summed E-state index contributed by atoms with van der Waals surface area (Å²) < 4.78 is 0. The first-order valence-electron chi connectivity index (χ1n) is 5.80. The normalized spacial score (nSPS) is 13.7. The number of aliphatic carboxylic acids is 1. The predicted octanol–water partition coefficient (Wildman–Crippen LogP) is 2.28. The van der Waals surface area contributed by atoms with E-state index in [1.165, 1.54) is 4.88 Å². The van der Waals surface area contributed by atoms with E-state index in [2.05, 4.69) is 10.6 Å². The van der Waals surface area contributed by atoms with Gasteiger partial charge in [-0.3, -0.25) is 0 Å². The zero-order valence-corrected chi connectivity index (χ0v) is 11.5. The molecule has 2 amide bonds. The van der Waals surface area contributed by atoms with E-state index in [1.54, 1.807) is 18.3 Å². The molecular weight excluding hydrogens is 252 g/mol. The Kier molecular flexibility index (Phi) is 5.15. The molecule has 18 heavy (non-hydrogen) atoms. The molecule has 0 aliphatic rings. The summed E-state index contributed by atoms with van der Waals surface area (Å²) in [7, 11) is 0. The van der Waals surface area contributed by atoms with Gasteiger partial charge in [-0.1, -0.05) is 6.92 Å². The second-order valence-electron chi connectivity index (χ2n) is 4.09. The quantitative estimate of drug-likeness (QED) is 0.768. The Balaban J connectivity index is 2.52. The van der Waals surface area contributed by atoms with Crippen molar-refractivity contribution in [3.63, 3.8) is 0 Å². The highest BCUT2D eigenvalue weighted by Crippen LogP contribution is 2.21. The minimum Gasteiger partial charge on any atom is -0.480 e. The third-order valence-corrected chi connectivity index (χ3v) is 3.73. The highest BCUT2D eigenvalue weighted by molar-refractivity contribution is 7.12. The van der Waals surface area contributed by atoms with Crippen molar-refractivity contribution in [2.45, 2.75) is 39.3 Å². The molecule has 1 unspecified atom stereocenters. The molecule has 0 aliphatic carbocycles. The maximum absolute atomic E-state index is 11.6. The van der Waals surface area contributed by atoms with Gasteiger partial charge in [0.15, 0.2) is 0 Å². The first kappa shape index (κ1) is 14.5. The van der Waals surface area contributed by atoms with Gasteiger partial charge in [0.1, 0.15) is 6.04 Å². The van der Waals surface area contributed by atoms with Gasteiger partial charge in [0.2, 0.25) is 0 Å². The van der Waals surface area contributed by atoms with E-state index in [0.29, 0.717) is 6.42 Å². The Hall–Kier alpha value is -1.56. The van der Waals surface area contributed by atoms with Crippen molar-refractivity contribution in [3.05, 3.63) is 21.9 Å². The molecule has 6 heteroatoms. The Labute approximate surface area is 110 Å². The summed E-state index contributed by atoms with van der Waals surface area (Å²) >= 11 is 1.61. The van der Waals surface area contributed by atoms with Crippen molar-refractivity contribution in [2.24, 2.45) is 0 Å². The SMILES string of the molecule is CC[C@@H](NC(=O)NC(C)c1ccc(C)s1)C(=O)O. The second-order valence-corrected chi connectivity index (χ2v) is 5.41. The standard InChI is InChI=1S/C12H18N2O3S/c1-4-9(11(15)16)14-12(17)13-8(3)10-6-5-7(2)18-10/h5-6,8-9H,4H2,1-3H3,(H,15,16)(H2,13,14,17)/t8?,9-/m1/s1. The maximum Gasteiger partial charge on any atom is 0.326 e. The van der Waals surface area contributed by atoms with Gasteiger partial charge in [0.25, 0.3) is 0 Å². The third-order valence-electron chi connectivity index (χ3n) is 2.55. The first-order valence-corrected chi connectivity index (χ1v) is 6.61. The monoisotopic (exact) mass is 270 g/mol. The fraction of sp³-hybridized carbons (Fsp3) is 0.500. The Morgan fingerprint density at radius 1 is 1.39 bits per heavy atom. The summed E-state index contributed by atoms with van der Waals surface area (Å²) in [6, 6.07) is 2.52. The van der Waals surface area contributed by atoms with E-state index in [9.17, 15) is 9.59 Å². The molecule has 1 aromatic rings. The number of nitrogens with one attached hydrogen (secondary N) is 2. The van der Waals surface area contributed by atoms with E-state index >= 15 is 0 Å². The van der Waals surface area contributed by atoms with Gasteiger partial charge in [-0.05, 0) is 32.4 Å². The predicted molar refractivity (Wildman–Crippen MR) is 70.9 cm³/mol. The van der Waals surface area contributed by atoms with Crippen LogP contribution in [0.15, 0.2) is 12.1 Å². The molecule has 5 nitrogen and oxygen atoms in total. The lowest BCUT2D eigenvalue weighted by Crippen LogP contribution is -2.46. The van der Waals surface area contributed by atoms with Crippen LogP contribution in [0.1, 0.15) is 36.1 Å². The minimum absolute atomic E-state index is 0.130. The van der Waals surface area contributed by atoms with Crippen molar-refractivity contribution in [1.29, 1.82) is 0 Å². The largest absolute Gasteiger partial charge is 0.480 e. The summed E-state index contributed by atoms with van der Waals surface area (Å²) in [4.78, 5) is 24.6. The number of carbonyl (C=O) groups excluding carboxylic acids is 1. The van der Waals surface area contributed by atoms with Crippen LogP contribution in [-0.2, 0) is 4.79 Å². The highest BCUT2D eigenvalue weighted by atomic mass is 32.1. The van der Waals surface area contributed by atoms with Gasteiger partial charge in [0.05, 0.1) is 6.04 Å². The van der Waals surface area contributed by atoms with Gasteiger partial charge in [-0.2, -0.15) is 0 Å². The molecule has 0 fully saturated rings. The number of carboxylic acid groups (broad SMARTS) is 1. The summed E-state index contributed by atoms with van der Waals surface area (Å²) in [6.45, 7) is 5.58. The molecule has 100 valence electrons. The fourth-order valence-corrected chi connectivity index (χ4v) is 2.37. The first-order chi connectivity index (χ1) is 8.43. The van der Waals surface area contributed by atoms with E-state index < -0.39 is 18.0 Å². The number of amides is 2. The number of thiophene rings is 1. The van der Waals surface area contributed by atoms with Crippen LogP contribution in [0.5, 0.6) is 0 Å². The molecule has 0 saturated carbocycles. The van der Waals surface area contributed by atoms with Gasteiger partial charge in [0, 0.05) is 9.75 Å². The lowest BCUT2D eigenvalue weighted by molar-refractivity contribution is -0.139. The average Bonchev–Trinajstić information content (AvgIpc) is 2.72. The molecule has 0 bridgehead atoms. The van der Waals surface area contributed by atoms with Crippen LogP contribution in [-0.4, -0.2) is 23.1 Å². The van der Waals surface area contributed by atoms with Crippen LogP contribution >= 0.6 is 11.3 Å². The van der Waals surface area contributed by atoms with Crippen LogP contribution < -0.4 is 10.6 Å². The molecule has 3 N–H and O–H groups in total. The topological polar surface area (TPSA) is 78.4 Å². The third kappa shape index (κ3) is 4.03. The Morgan fingerprint density at radius 2 is 2.06 bits per heavy atom. The number of hydrogen-bond donors (Lipinski definition) is 3. The van der Waals surface area contributed by atoms with Crippen molar-refractivity contribution in [1.82, 2.24) is 10.6 Å². The molecule has 0 aliphatic heterocycles. The molecule has 1 heterocycles. The smallest absolute Gasteiger partial charge is 0.326 e. The number of carbonyl (C=O) groups is 2. The minimum atomic E-state index is -1.02. The zero-order valence-electron chi connectivity index (χ0n) is 10.7. The van der Waals surface area contributed by atoms with Crippen molar-refractivity contribution in [3.8, 4) is 0 Å². The number of rotatable bonds is 5. The van der Waals surface area contributed by atoms with Crippen LogP contribution in [0.25, 0.3) is 0 Å². The second kappa shape index (κ2) is 6.39. The van der Waals surface area contributed by atoms with E-state index in [4.69, 9.17) is 5.11 Å². The van der Waals surface area contributed by atoms with Gasteiger partial charge in [-0.15, -0.1) is 11.3 Å². The summed E-state index contributed by atoms with van der Waals surface area (Å²) in [5.74, 6) is -1.02. The highest BCUT2D eigenvalue weighted by Gasteiger charge is 2.19. The zero-order chi connectivity index (χ0) is 13.7. The lowest BCUT2D eigenvalue weighted by Gasteiger charge is -2.16. The molecule has 0 saturated heterocycles. The van der Waals surface area contributed by atoms with Crippen LogP contribution in [0.4, 0.5) is 4.79 Å². The molecule has 1 rings (SSSR count). The Morgan fingerprint density at radius 3 is 2.50 bits per heavy atom. The summed E-state index contributed by atoms with van der Waals surface area (Å²) in [5, 5.41) is 14.0. The van der Waals surface area contributed by atoms with Gasteiger partial charge < -0.3 is 15.7 Å². The molecule has 1 aromatic heterocycles. The summed E-state index contributed by atoms with van der Waals surface area (Å²) in [6.07, 6.45) is 0.356.